The average molecular weight is 385 g/mol. The quantitative estimate of drug-likeness (QED) is 0.343. The first-order chi connectivity index (χ1) is 13.8. The molecule has 4 rings (SSSR count). The third kappa shape index (κ3) is 4.42. The Balaban J connectivity index is 1.68. The normalized spacial score (nSPS) is 10.9. The van der Waals surface area contributed by atoms with Crippen LogP contribution in [0, 0.1) is 0 Å². The van der Waals surface area contributed by atoms with Crippen LogP contribution in [-0.2, 0) is 0 Å². The summed E-state index contributed by atoms with van der Waals surface area (Å²) in [6, 6.07) is 29.5. The maximum Gasteiger partial charge on any atom is 0.244 e. The van der Waals surface area contributed by atoms with Gasteiger partial charge in [0.1, 0.15) is 0 Å². The number of nitrogens with zero attached hydrogens (tertiary/aromatic N) is 3. The number of aromatic nitrogens is 2. The minimum atomic E-state index is 0.429. The molecule has 28 heavy (non-hydrogen) atoms. The van der Waals surface area contributed by atoms with E-state index in [4.69, 9.17) is 11.6 Å². The summed E-state index contributed by atoms with van der Waals surface area (Å²) in [5, 5.41) is 4.93. The lowest BCUT2D eigenvalue weighted by Gasteiger charge is -2.08. The highest BCUT2D eigenvalue weighted by Crippen LogP contribution is 2.25. The van der Waals surface area contributed by atoms with Crippen LogP contribution in [0.5, 0.6) is 0 Å². The second kappa shape index (κ2) is 8.46. The van der Waals surface area contributed by atoms with Crippen LogP contribution in [0.15, 0.2) is 96.1 Å². The predicted molar refractivity (Wildman–Crippen MR) is 116 cm³/mol. The van der Waals surface area contributed by atoms with Gasteiger partial charge in [-0.2, -0.15) is 5.10 Å². The Hall–Kier alpha value is -3.50. The monoisotopic (exact) mass is 384 g/mol. The van der Waals surface area contributed by atoms with Gasteiger partial charge in [0.2, 0.25) is 5.95 Å². The van der Waals surface area contributed by atoms with Crippen molar-refractivity contribution in [2.75, 3.05) is 5.43 Å². The number of nitrogens with one attached hydrogen (secondary N) is 1. The summed E-state index contributed by atoms with van der Waals surface area (Å²) in [7, 11) is 0. The Bertz CT molecular complexity index is 1040. The Morgan fingerprint density at radius 2 is 1.32 bits per heavy atom. The zero-order valence-corrected chi connectivity index (χ0v) is 15.7. The summed E-state index contributed by atoms with van der Waals surface area (Å²) < 4.78 is 0. The molecule has 4 aromatic rings. The molecule has 0 aliphatic rings. The number of anilines is 1. The van der Waals surface area contributed by atoms with Gasteiger partial charge in [-0.05, 0) is 23.8 Å². The molecule has 0 bridgehead atoms. The molecule has 136 valence electrons. The molecular weight excluding hydrogens is 368 g/mol. The van der Waals surface area contributed by atoms with E-state index in [1.165, 1.54) is 0 Å². The van der Waals surface area contributed by atoms with Gasteiger partial charge in [0, 0.05) is 16.1 Å². The maximum atomic E-state index is 6.01. The topological polar surface area (TPSA) is 50.2 Å². The molecule has 0 amide bonds. The Labute approximate surface area is 168 Å². The van der Waals surface area contributed by atoms with E-state index in [-0.39, 0.29) is 0 Å². The summed E-state index contributed by atoms with van der Waals surface area (Å²) in [6.07, 6.45) is 1.69. The van der Waals surface area contributed by atoms with Crippen molar-refractivity contribution in [3.05, 3.63) is 102 Å². The fraction of sp³-hybridized carbons (Fsp3) is 0. The lowest BCUT2D eigenvalue weighted by atomic mass is 10.1. The molecule has 0 saturated carbocycles. The van der Waals surface area contributed by atoms with Gasteiger partial charge in [0.25, 0.3) is 0 Å². The molecular formula is C23H17ClN4. The van der Waals surface area contributed by atoms with E-state index in [9.17, 15) is 0 Å². The Morgan fingerprint density at radius 3 is 1.89 bits per heavy atom. The Morgan fingerprint density at radius 1 is 0.714 bits per heavy atom. The fourth-order valence-corrected chi connectivity index (χ4v) is 2.96. The van der Waals surface area contributed by atoms with Crippen molar-refractivity contribution in [2.45, 2.75) is 0 Å². The first-order valence-electron chi connectivity index (χ1n) is 8.82. The van der Waals surface area contributed by atoms with Gasteiger partial charge in [-0.15, -0.1) is 0 Å². The van der Waals surface area contributed by atoms with Crippen molar-refractivity contribution in [3.8, 4) is 22.5 Å². The average Bonchev–Trinajstić information content (AvgIpc) is 2.75. The van der Waals surface area contributed by atoms with Crippen molar-refractivity contribution < 1.29 is 0 Å². The number of hydrogen-bond acceptors (Lipinski definition) is 4. The van der Waals surface area contributed by atoms with Crippen molar-refractivity contribution >= 4 is 23.8 Å². The van der Waals surface area contributed by atoms with E-state index < -0.39 is 0 Å². The molecule has 0 atom stereocenters. The zero-order chi connectivity index (χ0) is 19.2. The maximum absolute atomic E-state index is 6.01. The molecule has 0 unspecified atom stereocenters. The van der Waals surface area contributed by atoms with Crippen LogP contribution in [0.4, 0.5) is 5.95 Å². The van der Waals surface area contributed by atoms with Crippen LogP contribution >= 0.6 is 11.6 Å². The lowest BCUT2D eigenvalue weighted by molar-refractivity contribution is 1.13. The molecule has 0 fully saturated rings. The smallest absolute Gasteiger partial charge is 0.244 e. The molecule has 0 radical (unpaired) electrons. The van der Waals surface area contributed by atoms with E-state index in [1.54, 1.807) is 6.21 Å². The summed E-state index contributed by atoms with van der Waals surface area (Å²) in [6.45, 7) is 0. The van der Waals surface area contributed by atoms with Gasteiger partial charge in [-0.25, -0.2) is 15.4 Å². The summed E-state index contributed by atoms with van der Waals surface area (Å²) >= 11 is 6.01. The molecule has 1 N–H and O–H groups in total. The van der Waals surface area contributed by atoms with Crippen molar-refractivity contribution in [2.24, 2.45) is 5.10 Å². The predicted octanol–water partition coefficient (Wildman–Crippen LogP) is 5.91. The fourth-order valence-electron chi connectivity index (χ4n) is 2.76. The van der Waals surface area contributed by atoms with Gasteiger partial charge in [0.15, 0.2) is 0 Å². The second-order valence-corrected chi connectivity index (χ2v) is 6.56. The molecule has 0 aliphatic heterocycles. The molecule has 4 nitrogen and oxygen atoms in total. The number of hydrazone groups is 1. The number of hydrogen-bond donors (Lipinski definition) is 1. The minimum absolute atomic E-state index is 0.429. The molecule has 5 heteroatoms. The molecule has 0 aliphatic carbocycles. The standard InChI is InChI=1S/C23H17ClN4/c24-20-13-7-8-17(14-20)16-25-28-23-26-21(18-9-3-1-4-10-18)15-22(27-23)19-11-5-2-6-12-19/h1-16H,(H,26,27,28). The van der Waals surface area contributed by atoms with Gasteiger partial charge < -0.3 is 0 Å². The molecule has 1 aromatic heterocycles. The van der Waals surface area contributed by atoms with E-state index in [0.717, 1.165) is 28.1 Å². The lowest BCUT2D eigenvalue weighted by Crippen LogP contribution is -2.00. The van der Waals surface area contributed by atoms with E-state index in [0.29, 0.717) is 11.0 Å². The van der Waals surface area contributed by atoms with Gasteiger partial charge in [-0.1, -0.05) is 84.4 Å². The third-order valence-electron chi connectivity index (χ3n) is 4.09. The Kier molecular flexibility index (Phi) is 5.41. The van der Waals surface area contributed by atoms with Crippen molar-refractivity contribution in [1.82, 2.24) is 9.97 Å². The summed E-state index contributed by atoms with van der Waals surface area (Å²) in [4.78, 5) is 9.23. The first-order valence-corrected chi connectivity index (χ1v) is 9.20. The second-order valence-electron chi connectivity index (χ2n) is 6.12. The highest BCUT2D eigenvalue weighted by atomic mass is 35.5. The summed E-state index contributed by atoms with van der Waals surface area (Å²) in [5.74, 6) is 0.429. The number of benzene rings is 3. The van der Waals surface area contributed by atoms with Crippen LogP contribution in [-0.4, -0.2) is 16.2 Å². The van der Waals surface area contributed by atoms with Crippen LogP contribution in [0.25, 0.3) is 22.5 Å². The van der Waals surface area contributed by atoms with Gasteiger partial charge in [0.05, 0.1) is 17.6 Å². The zero-order valence-electron chi connectivity index (χ0n) is 15.0. The van der Waals surface area contributed by atoms with Gasteiger partial charge >= 0.3 is 0 Å². The number of rotatable bonds is 5. The van der Waals surface area contributed by atoms with Crippen LogP contribution < -0.4 is 5.43 Å². The number of halogens is 1. The van der Waals surface area contributed by atoms with Crippen LogP contribution in [0.2, 0.25) is 5.02 Å². The molecule has 0 spiro atoms. The van der Waals surface area contributed by atoms with Gasteiger partial charge in [-0.3, -0.25) is 0 Å². The van der Waals surface area contributed by atoms with E-state index in [1.807, 2.05) is 91.0 Å². The first kappa shape index (κ1) is 17.9. The minimum Gasteiger partial charge on any atom is -0.245 e. The largest absolute Gasteiger partial charge is 0.245 e. The summed E-state index contributed by atoms with van der Waals surface area (Å²) in [5.41, 5.74) is 7.52. The SMILES string of the molecule is Clc1cccc(C=NNc2nc(-c3ccccc3)cc(-c3ccccc3)n2)c1. The molecule has 1 heterocycles. The van der Waals surface area contributed by atoms with Crippen LogP contribution in [0.3, 0.4) is 0 Å². The van der Waals surface area contributed by atoms with Crippen molar-refractivity contribution in [3.63, 3.8) is 0 Å². The highest BCUT2D eigenvalue weighted by Gasteiger charge is 2.08. The third-order valence-corrected chi connectivity index (χ3v) is 4.33. The van der Waals surface area contributed by atoms with Crippen molar-refractivity contribution in [1.29, 1.82) is 0 Å². The van der Waals surface area contributed by atoms with Crippen LogP contribution in [0.1, 0.15) is 5.56 Å². The molecule has 3 aromatic carbocycles. The highest BCUT2D eigenvalue weighted by molar-refractivity contribution is 6.30. The van der Waals surface area contributed by atoms with E-state index >= 15 is 0 Å². The molecule has 0 saturated heterocycles. The van der Waals surface area contributed by atoms with E-state index in [2.05, 4.69) is 20.5 Å².